The number of ether oxygens (including phenoxy) is 1. The predicted molar refractivity (Wildman–Crippen MR) is 172 cm³/mol. The summed E-state index contributed by atoms with van der Waals surface area (Å²) in [6, 6.07) is 11.9. The molecule has 43 heavy (non-hydrogen) atoms. The van der Waals surface area contributed by atoms with E-state index in [-0.39, 0.29) is 12.0 Å². The van der Waals surface area contributed by atoms with E-state index >= 15 is 0 Å². The highest BCUT2D eigenvalue weighted by Crippen LogP contribution is 2.34. The molecule has 0 bridgehead atoms. The van der Waals surface area contributed by atoms with Gasteiger partial charge in [0.1, 0.15) is 32.7 Å². The number of para-hydroxylation sites is 1. The van der Waals surface area contributed by atoms with Crippen LogP contribution in [0.4, 0.5) is 11.5 Å². The van der Waals surface area contributed by atoms with Crippen molar-refractivity contribution >= 4 is 39.1 Å². The first-order valence-electron chi connectivity index (χ1n) is 15.5. The molecule has 0 radical (unpaired) electrons. The van der Waals surface area contributed by atoms with Crippen molar-refractivity contribution in [3.63, 3.8) is 0 Å². The fraction of sp³-hybridized carbons (Fsp3) is 0.469. The number of carbonyl (C=O) groups excluding carboxylic acids is 1. The van der Waals surface area contributed by atoms with E-state index in [1.807, 2.05) is 30.5 Å². The van der Waals surface area contributed by atoms with Gasteiger partial charge in [-0.15, -0.1) is 0 Å². The van der Waals surface area contributed by atoms with E-state index in [4.69, 9.17) is 14.7 Å². The number of benzene rings is 1. The highest BCUT2D eigenvalue weighted by atomic mass is 32.1. The lowest BCUT2D eigenvalue weighted by molar-refractivity contribution is 0.0211. The maximum Gasteiger partial charge on any atom is 0.274 e. The Morgan fingerprint density at radius 3 is 2.63 bits per heavy atom. The molecule has 5 heterocycles. The van der Waals surface area contributed by atoms with Crippen LogP contribution in [0, 0.1) is 0 Å². The van der Waals surface area contributed by atoms with Crippen LogP contribution in [0.15, 0.2) is 42.6 Å². The van der Waals surface area contributed by atoms with E-state index in [0.29, 0.717) is 35.7 Å². The molecule has 2 fully saturated rings. The van der Waals surface area contributed by atoms with Crippen LogP contribution in [-0.2, 0) is 17.8 Å². The number of pyridine rings is 1. The normalized spacial score (nSPS) is 16.4. The zero-order valence-corrected chi connectivity index (χ0v) is 25.5. The maximum atomic E-state index is 13.6. The molecule has 0 spiro atoms. The number of hydrogen-bond acceptors (Lipinski definition) is 10. The molecular formula is C32H40N8O2S. The number of piperidine rings is 2. The van der Waals surface area contributed by atoms with Gasteiger partial charge >= 0.3 is 0 Å². The number of thiazole rings is 1. The zero-order chi connectivity index (χ0) is 29.4. The van der Waals surface area contributed by atoms with Crippen molar-refractivity contribution in [1.29, 1.82) is 0 Å². The third-order valence-corrected chi connectivity index (χ3v) is 8.94. The molecule has 1 amide bonds. The number of amides is 1. The molecule has 0 atom stereocenters. The Hall–Kier alpha value is -3.51. The lowest BCUT2D eigenvalue weighted by Crippen LogP contribution is -2.35. The fourth-order valence-electron chi connectivity index (χ4n) is 5.51. The first kappa shape index (κ1) is 29.6. The summed E-state index contributed by atoms with van der Waals surface area (Å²) in [4.78, 5) is 33.4. The number of aryl methyl sites for hydroxylation is 1. The fourth-order valence-corrected chi connectivity index (χ4v) is 6.44. The van der Waals surface area contributed by atoms with Crippen LogP contribution in [0.1, 0.15) is 67.3 Å². The molecular weight excluding hydrogens is 560 g/mol. The van der Waals surface area contributed by atoms with Crippen molar-refractivity contribution < 1.29 is 9.53 Å². The largest absolute Gasteiger partial charge is 0.373 e. The minimum Gasteiger partial charge on any atom is -0.373 e. The molecule has 6 rings (SSSR count). The lowest BCUT2D eigenvalue weighted by Gasteiger charge is -2.24. The van der Waals surface area contributed by atoms with Crippen molar-refractivity contribution in [3.05, 3.63) is 59.7 Å². The number of hydrogen-bond donors (Lipinski definition) is 4. The van der Waals surface area contributed by atoms with Crippen molar-refractivity contribution in [1.82, 2.24) is 30.6 Å². The summed E-state index contributed by atoms with van der Waals surface area (Å²) in [7, 11) is 0. The zero-order valence-electron chi connectivity index (χ0n) is 24.7. The molecule has 4 N–H and O–H groups in total. The summed E-state index contributed by atoms with van der Waals surface area (Å²) >= 11 is 1.51. The van der Waals surface area contributed by atoms with Crippen LogP contribution < -0.4 is 21.3 Å². The minimum atomic E-state index is -0.266. The van der Waals surface area contributed by atoms with Crippen LogP contribution >= 0.6 is 11.3 Å². The second-order valence-corrected chi connectivity index (χ2v) is 12.3. The summed E-state index contributed by atoms with van der Waals surface area (Å²) in [6.07, 6.45) is 9.01. The van der Waals surface area contributed by atoms with Crippen molar-refractivity contribution in [2.45, 2.75) is 70.6 Å². The summed E-state index contributed by atoms with van der Waals surface area (Å²) in [5.74, 6) is 1.14. The highest BCUT2D eigenvalue weighted by Gasteiger charge is 2.19. The molecule has 1 aromatic carbocycles. The van der Waals surface area contributed by atoms with Gasteiger partial charge in [-0.25, -0.2) is 19.9 Å². The van der Waals surface area contributed by atoms with E-state index in [1.165, 1.54) is 11.3 Å². The molecule has 0 aliphatic carbocycles. The first-order chi connectivity index (χ1) is 21.1. The number of carbonyl (C=O) groups is 1. The second kappa shape index (κ2) is 14.3. The van der Waals surface area contributed by atoms with Gasteiger partial charge in [0.2, 0.25) is 0 Å². The molecule has 2 aliphatic heterocycles. The van der Waals surface area contributed by atoms with Gasteiger partial charge in [-0.1, -0.05) is 36.8 Å². The molecule has 11 heteroatoms. The topological polar surface area (TPSA) is 126 Å². The molecule has 10 nitrogen and oxygen atoms in total. The van der Waals surface area contributed by atoms with E-state index in [0.717, 1.165) is 97.6 Å². The van der Waals surface area contributed by atoms with Crippen molar-refractivity contribution in [3.8, 4) is 10.6 Å². The molecule has 0 saturated carbocycles. The quantitative estimate of drug-likeness (QED) is 0.184. The molecule has 4 aromatic rings. The highest BCUT2D eigenvalue weighted by molar-refractivity contribution is 7.21. The number of anilines is 2. The molecule has 0 unspecified atom stereocenters. The SMILES string of the molecule is CCCCc1nc(NC2CCNCC2)cc(C(=O)Nc2ccccc2-c2nc3cc(COC4CCNCC4)cnc3s2)n1. The Kier molecular flexibility index (Phi) is 9.83. The summed E-state index contributed by atoms with van der Waals surface area (Å²) < 4.78 is 6.13. The van der Waals surface area contributed by atoms with Gasteiger partial charge < -0.3 is 26.0 Å². The number of fused-ring (bicyclic) bond motifs is 1. The van der Waals surface area contributed by atoms with Gasteiger partial charge in [-0.2, -0.15) is 0 Å². The van der Waals surface area contributed by atoms with E-state index in [1.54, 1.807) is 6.07 Å². The summed E-state index contributed by atoms with van der Waals surface area (Å²) in [5.41, 5.74) is 3.73. The standard InChI is InChI=1S/C32H40N8O2S/c1-2-3-8-28-37-26(18-29(40-28)36-22-9-13-33-14-10-22)30(41)38-25-7-5-4-6-24(25)31-39-27-17-21(19-35-32(27)43-31)20-42-23-11-15-34-16-12-23/h4-7,17-19,22-23,33-34H,2-3,8-16,20H2,1H3,(H,38,41)(H,36,37,40). The molecule has 2 aliphatic rings. The van der Waals surface area contributed by atoms with Crippen LogP contribution in [0.3, 0.4) is 0 Å². The Morgan fingerprint density at radius 1 is 1.02 bits per heavy atom. The van der Waals surface area contributed by atoms with Gasteiger partial charge in [-0.05, 0) is 82.0 Å². The number of nitrogens with one attached hydrogen (secondary N) is 4. The number of aromatic nitrogens is 4. The number of nitrogens with zero attached hydrogens (tertiary/aromatic N) is 4. The maximum absolute atomic E-state index is 13.6. The number of rotatable bonds is 11. The minimum absolute atomic E-state index is 0.266. The van der Waals surface area contributed by atoms with Crippen LogP contribution in [0.5, 0.6) is 0 Å². The monoisotopic (exact) mass is 600 g/mol. The Morgan fingerprint density at radius 2 is 1.81 bits per heavy atom. The molecule has 226 valence electrons. The first-order valence-corrected chi connectivity index (χ1v) is 16.3. The summed E-state index contributed by atoms with van der Waals surface area (Å²) in [6.45, 7) is 6.63. The lowest BCUT2D eigenvalue weighted by atomic mass is 10.1. The average molecular weight is 601 g/mol. The number of unbranched alkanes of at least 4 members (excludes halogenated alkanes) is 1. The van der Waals surface area contributed by atoms with Crippen molar-refractivity contribution in [2.24, 2.45) is 0 Å². The average Bonchev–Trinajstić information content (AvgIpc) is 3.47. The van der Waals surface area contributed by atoms with Gasteiger partial charge in [-0.3, -0.25) is 4.79 Å². The second-order valence-electron chi connectivity index (χ2n) is 11.3. The van der Waals surface area contributed by atoms with Gasteiger partial charge in [0.15, 0.2) is 0 Å². The van der Waals surface area contributed by atoms with E-state index < -0.39 is 0 Å². The van der Waals surface area contributed by atoms with E-state index in [2.05, 4.69) is 44.2 Å². The molecule has 2 saturated heterocycles. The summed E-state index contributed by atoms with van der Waals surface area (Å²) in [5, 5.41) is 14.2. The van der Waals surface area contributed by atoms with E-state index in [9.17, 15) is 4.79 Å². The van der Waals surface area contributed by atoms with Crippen LogP contribution in [-0.4, -0.2) is 64.2 Å². The Bertz CT molecular complexity index is 1530. The van der Waals surface area contributed by atoms with Crippen LogP contribution in [0.25, 0.3) is 20.9 Å². The van der Waals surface area contributed by atoms with Gasteiger partial charge in [0, 0.05) is 30.3 Å². The Balaban J connectivity index is 1.20. The predicted octanol–water partition coefficient (Wildman–Crippen LogP) is 5.18. The Labute approximate surface area is 256 Å². The van der Waals surface area contributed by atoms with Crippen LogP contribution in [0.2, 0.25) is 0 Å². The third-order valence-electron chi connectivity index (χ3n) is 7.93. The third kappa shape index (κ3) is 7.72. The molecule has 3 aromatic heterocycles. The van der Waals surface area contributed by atoms with Gasteiger partial charge in [0.25, 0.3) is 5.91 Å². The van der Waals surface area contributed by atoms with Crippen molar-refractivity contribution in [2.75, 3.05) is 36.8 Å². The van der Waals surface area contributed by atoms with Gasteiger partial charge in [0.05, 0.1) is 18.4 Å². The smallest absolute Gasteiger partial charge is 0.274 e.